The maximum absolute atomic E-state index is 14.1. The molecular weight excluding hydrogens is 466 g/mol. The van der Waals surface area contributed by atoms with Gasteiger partial charge >= 0.3 is 0 Å². The molecule has 1 saturated heterocycles. The number of nitrogens with zero attached hydrogens (tertiary/aromatic N) is 2. The molecule has 188 valence electrons. The second-order valence-corrected chi connectivity index (χ2v) is 11.6. The van der Waals surface area contributed by atoms with E-state index < -0.39 is 10.0 Å². The summed E-state index contributed by atoms with van der Waals surface area (Å²) < 4.78 is 33.1. The first-order valence-electron chi connectivity index (χ1n) is 12.9. The first-order valence-corrected chi connectivity index (χ1v) is 14.4. The average molecular weight is 502 g/mol. The number of hydrogen-bond donors (Lipinski definition) is 1. The van der Waals surface area contributed by atoms with Gasteiger partial charge < -0.3 is 9.47 Å². The normalized spacial score (nSPS) is 14.9. The van der Waals surface area contributed by atoms with Gasteiger partial charge in [0.05, 0.1) is 0 Å². The molecule has 1 aliphatic heterocycles. The minimum atomic E-state index is -3.79. The number of para-hydroxylation sites is 1. The highest BCUT2D eigenvalue weighted by atomic mass is 32.2. The quantitative estimate of drug-likeness (QED) is 0.325. The van der Waals surface area contributed by atoms with Crippen molar-refractivity contribution in [1.29, 1.82) is 0 Å². The fourth-order valence-electron chi connectivity index (χ4n) is 5.53. The summed E-state index contributed by atoms with van der Waals surface area (Å²) in [6, 6.07) is 28.4. The molecule has 0 radical (unpaired) electrons. The number of sulfonamides is 1. The molecule has 0 unspecified atom stereocenters. The van der Waals surface area contributed by atoms with Gasteiger partial charge in [0.15, 0.2) is 5.03 Å². The van der Waals surface area contributed by atoms with E-state index in [0.717, 1.165) is 47.2 Å². The summed E-state index contributed by atoms with van der Waals surface area (Å²) in [5.74, 6) is -0.218. The SMILES string of the molecule is CC(C)NS(=O)(=O)c1c(C(c2ccccc2)c2ccccc2)c2ccccc2n1CCN1CCCC1. The largest absolute Gasteiger partial charge is 0.329 e. The molecule has 5 nitrogen and oxygen atoms in total. The molecule has 0 atom stereocenters. The first kappa shape index (κ1) is 24.8. The van der Waals surface area contributed by atoms with Crippen LogP contribution in [0.15, 0.2) is 90.0 Å². The van der Waals surface area contributed by atoms with E-state index in [-0.39, 0.29) is 12.0 Å². The summed E-state index contributed by atoms with van der Waals surface area (Å²) in [4.78, 5) is 2.44. The van der Waals surface area contributed by atoms with E-state index in [1.165, 1.54) is 12.8 Å². The maximum Gasteiger partial charge on any atom is 0.256 e. The van der Waals surface area contributed by atoms with Gasteiger partial charge in [-0.25, -0.2) is 13.1 Å². The second-order valence-electron chi connectivity index (χ2n) is 9.97. The third-order valence-corrected chi connectivity index (χ3v) is 8.73. The number of likely N-dealkylation sites (tertiary alicyclic amines) is 1. The number of benzene rings is 3. The van der Waals surface area contributed by atoms with Gasteiger partial charge in [0.25, 0.3) is 10.0 Å². The molecule has 36 heavy (non-hydrogen) atoms. The van der Waals surface area contributed by atoms with Crippen LogP contribution in [0.1, 0.15) is 49.3 Å². The van der Waals surface area contributed by atoms with Crippen LogP contribution < -0.4 is 4.72 Å². The monoisotopic (exact) mass is 501 g/mol. The van der Waals surface area contributed by atoms with Gasteiger partial charge in [-0.05, 0) is 57.0 Å². The summed E-state index contributed by atoms with van der Waals surface area (Å²) in [6.07, 6.45) is 2.42. The van der Waals surface area contributed by atoms with Crippen molar-refractivity contribution in [3.8, 4) is 0 Å². The average Bonchev–Trinajstić information content (AvgIpc) is 3.50. The minimum absolute atomic E-state index is 0.209. The van der Waals surface area contributed by atoms with Crippen molar-refractivity contribution in [2.75, 3.05) is 19.6 Å². The molecule has 2 heterocycles. The Morgan fingerprint density at radius 1 is 0.778 bits per heavy atom. The lowest BCUT2D eigenvalue weighted by Crippen LogP contribution is -2.34. The summed E-state index contributed by atoms with van der Waals surface area (Å²) in [5, 5.41) is 1.37. The summed E-state index contributed by atoms with van der Waals surface area (Å²) >= 11 is 0. The van der Waals surface area contributed by atoms with Gasteiger partial charge in [0, 0.05) is 41.5 Å². The predicted octanol–water partition coefficient (Wildman–Crippen LogP) is 5.60. The highest BCUT2D eigenvalue weighted by Crippen LogP contribution is 2.42. The van der Waals surface area contributed by atoms with Gasteiger partial charge in [-0.15, -0.1) is 0 Å². The molecule has 3 aromatic carbocycles. The van der Waals surface area contributed by atoms with Gasteiger partial charge in [-0.1, -0.05) is 78.9 Å². The third kappa shape index (κ3) is 4.99. The van der Waals surface area contributed by atoms with E-state index in [9.17, 15) is 8.42 Å². The molecule has 1 aliphatic rings. The maximum atomic E-state index is 14.1. The number of nitrogens with one attached hydrogen (secondary N) is 1. The zero-order valence-electron chi connectivity index (χ0n) is 21.1. The van der Waals surface area contributed by atoms with Crippen molar-refractivity contribution in [3.05, 3.63) is 102 Å². The summed E-state index contributed by atoms with van der Waals surface area (Å²) in [7, 11) is -3.79. The number of rotatable bonds is 9. The van der Waals surface area contributed by atoms with E-state index >= 15 is 0 Å². The topological polar surface area (TPSA) is 54.3 Å². The number of hydrogen-bond acceptors (Lipinski definition) is 3. The third-order valence-electron chi connectivity index (χ3n) is 7.00. The minimum Gasteiger partial charge on any atom is -0.329 e. The molecule has 0 spiro atoms. The molecule has 1 N–H and O–H groups in total. The van der Waals surface area contributed by atoms with Crippen LogP contribution in [0, 0.1) is 0 Å². The smallest absolute Gasteiger partial charge is 0.256 e. The lowest BCUT2D eigenvalue weighted by atomic mass is 9.85. The fraction of sp³-hybridized carbons (Fsp3) is 0.333. The molecule has 0 saturated carbocycles. The van der Waals surface area contributed by atoms with Crippen LogP contribution in [0.3, 0.4) is 0 Å². The van der Waals surface area contributed by atoms with Crippen molar-refractivity contribution in [2.45, 2.75) is 50.2 Å². The van der Waals surface area contributed by atoms with E-state index in [1.807, 2.05) is 66.9 Å². The Hall–Kier alpha value is -2.93. The van der Waals surface area contributed by atoms with Gasteiger partial charge in [-0.3, -0.25) is 0 Å². The van der Waals surface area contributed by atoms with Crippen molar-refractivity contribution in [1.82, 2.24) is 14.2 Å². The Balaban J connectivity index is 1.79. The Morgan fingerprint density at radius 2 is 1.33 bits per heavy atom. The van der Waals surface area contributed by atoms with E-state index in [4.69, 9.17) is 0 Å². The van der Waals surface area contributed by atoms with Gasteiger partial charge in [0.2, 0.25) is 0 Å². The van der Waals surface area contributed by atoms with Crippen LogP contribution in [-0.4, -0.2) is 43.6 Å². The molecule has 0 aliphatic carbocycles. The fourth-order valence-corrected chi connectivity index (χ4v) is 7.26. The van der Waals surface area contributed by atoms with Crippen LogP contribution in [0.4, 0.5) is 0 Å². The van der Waals surface area contributed by atoms with Crippen LogP contribution in [0.2, 0.25) is 0 Å². The Labute approximate surface area is 214 Å². The van der Waals surface area contributed by atoms with Crippen molar-refractivity contribution in [3.63, 3.8) is 0 Å². The van der Waals surface area contributed by atoms with Gasteiger partial charge in [0.1, 0.15) is 0 Å². The Morgan fingerprint density at radius 3 is 1.92 bits per heavy atom. The number of aromatic nitrogens is 1. The van der Waals surface area contributed by atoms with Crippen molar-refractivity contribution in [2.24, 2.45) is 0 Å². The molecule has 1 fully saturated rings. The van der Waals surface area contributed by atoms with Crippen molar-refractivity contribution >= 4 is 20.9 Å². The Bertz CT molecular complexity index is 1370. The highest BCUT2D eigenvalue weighted by molar-refractivity contribution is 7.89. The lowest BCUT2D eigenvalue weighted by Gasteiger charge is -2.22. The van der Waals surface area contributed by atoms with Crippen LogP contribution in [0.25, 0.3) is 10.9 Å². The molecule has 0 bridgehead atoms. The van der Waals surface area contributed by atoms with E-state index in [2.05, 4.69) is 46.0 Å². The zero-order chi connectivity index (χ0) is 25.1. The molecule has 0 amide bonds. The predicted molar refractivity (Wildman–Crippen MR) is 147 cm³/mol. The van der Waals surface area contributed by atoms with Crippen LogP contribution >= 0.6 is 0 Å². The van der Waals surface area contributed by atoms with Crippen LogP contribution in [0.5, 0.6) is 0 Å². The Kier molecular flexibility index (Phi) is 7.28. The standard InChI is InChI=1S/C30H35N3O2S/c1-23(2)31-36(34,35)30-29(28(24-13-5-3-6-14-24)25-15-7-4-8-16-25)26-17-9-10-18-27(26)33(30)22-21-32-19-11-12-20-32/h3-10,13-18,23,28,31H,11-12,19-22H2,1-2H3. The molecule has 4 aromatic rings. The molecule has 6 heteroatoms. The highest BCUT2D eigenvalue weighted by Gasteiger charge is 2.33. The first-order chi connectivity index (χ1) is 17.5. The molecule has 1 aromatic heterocycles. The number of fused-ring (bicyclic) bond motifs is 1. The van der Waals surface area contributed by atoms with E-state index in [1.54, 1.807) is 0 Å². The lowest BCUT2D eigenvalue weighted by molar-refractivity contribution is 0.320. The van der Waals surface area contributed by atoms with Crippen LogP contribution in [-0.2, 0) is 16.6 Å². The summed E-state index contributed by atoms with van der Waals surface area (Å²) in [6.45, 7) is 7.37. The summed E-state index contributed by atoms with van der Waals surface area (Å²) in [5.41, 5.74) is 3.96. The van der Waals surface area contributed by atoms with Gasteiger partial charge in [-0.2, -0.15) is 0 Å². The molecular formula is C30H35N3O2S. The van der Waals surface area contributed by atoms with Crippen molar-refractivity contribution < 1.29 is 8.42 Å². The zero-order valence-corrected chi connectivity index (χ0v) is 21.9. The molecule has 5 rings (SSSR count). The second kappa shape index (κ2) is 10.6. The van der Waals surface area contributed by atoms with E-state index in [0.29, 0.717) is 11.6 Å².